The third kappa shape index (κ3) is 2.64. The van der Waals surface area contributed by atoms with Crippen LogP contribution in [-0.4, -0.2) is 15.9 Å². The van der Waals surface area contributed by atoms with Gasteiger partial charge in [-0.1, -0.05) is 23.7 Å². The first-order valence-electron chi connectivity index (χ1n) is 5.84. The molecule has 2 aromatic carbocycles. The highest BCUT2D eigenvalue weighted by molar-refractivity contribution is 14.1. The minimum absolute atomic E-state index is 0.248. The molecule has 0 aliphatic carbocycles. The van der Waals surface area contributed by atoms with Gasteiger partial charge >= 0.3 is 0 Å². The molecule has 1 heterocycles. The Bertz CT molecular complexity index is 767. The topological polar surface area (TPSA) is 57.8 Å². The van der Waals surface area contributed by atoms with E-state index in [1.165, 1.54) is 0 Å². The van der Waals surface area contributed by atoms with Gasteiger partial charge in [0.1, 0.15) is 0 Å². The molecule has 0 fully saturated rings. The molecule has 0 aliphatic heterocycles. The number of halogens is 2. The molecule has 1 amide bonds. The molecule has 20 heavy (non-hydrogen) atoms. The Morgan fingerprint density at radius 1 is 1.25 bits per heavy atom. The summed E-state index contributed by atoms with van der Waals surface area (Å²) in [4.78, 5) is 19.5. The van der Waals surface area contributed by atoms with Gasteiger partial charge in [-0.05, 0) is 52.9 Å². The summed E-state index contributed by atoms with van der Waals surface area (Å²) in [6.45, 7) is 0. The second kappa shape index (κ2) is 5.41. The van der Waals surface area contributed by atoms with Crippen LogP contribution < -0.4 is 5.32 Å². The van der Waals surface area contributed by atoms with Gasteiger partial charge in [0, 0.05) is 9.13 Å². The maximum atomic E-state index is 12.1. The average Bonchev–Trinajstić information content (AvgIpc) is 2.83. The van der Waals surface area contributed by atoms with Gasteiger partial charge in [0.2, 0.25) is 5.95 Å². The van der Waals surface area contributed by atoms with Crippen molar-refractivity contribution in [3.05, 3.63) is 56.6 Å². The van der Waals surface area contributed by atoms with Gasteiger partial charge < -0.3 is 4.98 Å². The van der Waals surface area contributed by atoms with E-state index in [9.17, 15) is 4.79 Å². The molecule has 0 aliphatic rings. The summed E-state index contributed by atoms with van der Waals surface area (Å²) in [5.74, 6) is 0.174. The van der Waals surface area contributed by atoms with Crippen molar-refractivity contribution in [3.8, 4) is 0 Å². The number of fused-ring (bicyclic) bond motifs is 1. The number of rotatable bonds is 2. The number of carbonyl (C=O) groups excluding carboxylic acids is 1. The fourth-order valence-electron chi connectivity index (χ4n) is 1.83. The van der Waals surface area contributed by atoms with Crippen LogP contribution in [0.25, 0.3) is 11.0 Å². The van der Waals surface area contributed by atoms with Crippen molar-refractivity contribution in [2.24, 2.45) is 0 Å². The normalized spacial score (nSPS) is 10.7. The SMILES string of the molecule is O=C(Nc1nc2ccccc2[nH]1)c1ccc(I)c(Cl)c1. The highest BCUT2D eigenvalue weighted by atomic mass is 127. The number of nitrogens with one attached hydrogen (secondary N) is 2. The van der Waals surface area contributed by atoms with Gasteiger partial charge in [0.15, 0.2) is 0 Å². The number of imidazole rings is 1. The summed E-state index contributed by atoms with van der Waals surface area (Å²) in [5, 5.41) is 3.29. The standard InChI is InChI=1S/C14H9ClIN3O/c15-9-7-8(5-6-10(9)16)13(20)19-14-17-11-3-1-2-4-12(11)18-14/h1-7H,(H2,17,18,19,20). The molecular formula is C14H9ClIN3O. The van der Waals surface area contributed by atoms with Crippen LogP contribution in [0.15, 0.2) is 42.5 Å². The number of anilines is 1. The second-order valence-electron chi connectivity index (χ2n) is 4.19. The van der Waals surface area contributed by atoms with E-state index in [1.54, 1.807) is 18.2 Å². The van der Waals surface area contributed by atoms with Crippen LogP contribution in [0, 0.1) is 3.57 Å². The van der Waals surface area contributed by atoms with Crippen LogP contribution in [0.2, 0.25) is 5.02 Å². The largest absolute Gasteiger partial charge is 0.324 e. The van der Waals surface area contributed by atoms with Crippen molar-refractivity contribution in [3.63, 3.8) is 0 Å². The maximum Gasteiger partial charge on any atom is 0.258 e. The third-order valence-electron chi connectivity index (χ3n) is 2.80. The molecule has 0 unspecified atom stereocenters. The summed E-state index contributed by atoms with van der Waals surface area (Å²) < 4.78 is 0.907. The Kier molecular flexibility index (Phi) is 3.62. The van der Waals surface area contributed by atoms with Crippen LogP contribution in [0.4, 0.5) is 5.95 Å². The summed E-state index contributed by atoms with van der Waals surface area (Å²) in [6, 6.07) is 12.8. The minimum Gasteiger partial charge on any atom is -0.324 e. The van der Waals surface area contributed by atoms with E-state index in [0.717, 1.165) is 14.6 Å². The number of carbonyl (C=O) groups is 1. The zero-order valence-electron chi connectivity index (χ0n) is 10.2. The van der Waals surface area contributed by atoms with E-state index >= 15 is 0 Å². The van der Waals surface area contributed by atoms with E-state index in [4.69, 9.17) is 11.6 Å². The lowest BCUT2D eigenvalue weighted by atomic mass is 10.2. The highest BCUT2D eigenvalue weighted by Gasteiger charge is 2.10. The predicted octanol–water partition coefficient (Wildman–Crippen LogP) is 4.07. The number of aromatic amines is 1. The zero-order chi connectivity index (χ0) is 14.1. The lowest BCUT2D eigenvalue weighted by molar-refractivity contribution is 0.102. The average molecular weight is 398 g/mol. The molecule has 0 atom stereocenters. The van der Waals surface area contributed by atoms with Gasteiger partial charge in [-0.3, -0.25) is 10.1 Å². The monoisotopic (exact) mass is 397 g/mol. The minimum atomic E-state index is -0.248. The fourth-order valence-corrected chi connectivity index (χ4v) is 2.35. The first-order chi connectivity index (χ1) is 9.63. The van der Waals surface area contributed by atoms with Gasteiger partial charge in [-0.25, -0.2) is 4.98 Å². The quantitative estimate of drug-likeness (QED) is 0.640. The van der Waals surface area contributed by atoms with Crippen molar-refractivity contribution < 1.29 is 4.79 Å². The van der Waals surface area contributed by atoms with Crippen LogP contribution in [0.3, 0.4) is 0 Å². The smallest absolute Gasteiger partial charge is 0.258 e. The number of amides is 1. The number of para-hydroxylation sites is 2. The van der Waals surface area contributed by atoms with Gasteiger partial charge in [-0.2, -0.15) is 0 Å². The second-order valence-corrected chi connectivity index (χ2v) is 5.75. The Morgan fingerprint density at radius 3 is 2.80 bits per heavy atom. The molecule has 3 rings (SSSR count). The molecular weight excluding hydrogens is 389 g/mol. The summed E-state index contributed by atoms with van der Waals surface area (Å²) >= 11 is 8.13. The molecule has 100 valence electrons. The number of benzene rings is 2. The molecule has 0 saturated carbocycles. The molecule has 0 spiro atoms. The van der Waals surface area contributed by atoms with Crippen LogP contribution in [0.1, 0.15) is 10.4 Å². The number of hydrogen-bond donors (Lipinski definition) is 2. The number of hydrogen-bond acceptors (Lipinski definition) is 2. The third-order valence-corrected chi connectivity index (χ3v) is 4.38. The summed E-state index contributed by atoms with van der Waals surface area (Å²) in [6.07, 6.45) is 0. The van der Waals surface area contributed by atoms with Crippen molar-refractivity contribution in [2.75, 3.05) is 5.32 Å². The first-order valence-corrected chi connectivity index (χ1v) is 7.30. The van der Waals surface area contributed by atoms with E-state index < -0.39 is 0 Å². The molecule has 0 saturated heterocycles. The molecule has 6 heteroatoms. The fraction of sp³-hybridized carbons (Fsp3) is 0. The van der Waals surface area contributed by atoms with E-state index in [2.05, 4.69) is 37.9 Å². The molecule has 0 radical (unpaired) electrons. The Hall–Kier alpha value is -1.60. The van der Waals surface area contributed by atoms with E-state index in [1.807, 2.05) is 24.3 Å². The van der Waals surface area contributed by atoms with E-state index in [-0.39, 0.29) is 5.91 Å². The van der Waals surface area contributed by atoms with Crippen molar-refractivity contribution in [1.82, 2.24) is 9.97 Å². The van der Waals surface area contributed by atoms with Crippen molar-refractivity contribution in [2.45, 2.75) is 0 Å². The lowest BCUT2D eigenvalue weighted by Crippen LogP contribution is -2.12. The maximum absolute atomic E-state index is 12.1. The summed E-state index contributed by atoms with van der Waals surface area (Å²) in [5.41, 5.74) is 2.18. The number of aromatic nitrogens is 2. The molecule has 1 aromatic heterocycles. The van der Waals surface area contributed by atoms with Crippen LogP contribution in [0.5, 0.6) is 0 Å². The first kappa shape index (κ1) is 13.4. The molecule has 3 aromatic rings. The number of nitrogens with zero attached hydrogens (tertiary/aromatic N) is 1. The van der Waals surface area contributed by atoms with Crippen molar-refractivity contribution >= 4 is 57.1 Å². The molecule has 0 bridgehead atoms. The lowest BCUT2D eigenvalue weighted by Gasteiger charge is -2.03. The van der Waals surface area contributed by atoms with Crippen LogP contribution >= 0.6 is 34.2 Å². The Labute approximate surface area is 133 Å². The van der Waals surface area contributed by atoms with Crippen LogP contribution in [-0.2, 0) is 0 Å². The highest BCUT2D eigenvalue weighted by Crippen LogP contribution is 2.20. The molecule has 2 N–H and O–H groups in total. The zero-order valence-corrected chi connectivity index (χ0v) is 13.1. The molecule has 4 nitrogen and oxygen atoms in total. The van der Waals surface area contributed by atoms with Gasteiger partial charge in [0.25, 0.3) is 5.91 Å². The van der Waals surface area contributed by atoms with Gasteiger partial charge in [-0.15, -0.1) is 0 Å². The van der Waals surface area contributed by atoms with Gasteiger partial charge in [0.05, 0.1) is 16.1 Å². The number of H-pyrrole nitrogens is 1. The predicted molar refractivity (Wildman–Crippen MR) is 88.2 cm³/mol. The Morgan fingerprint density at radius 2 is 2.05 bits per heavy atom. The van der Waals surface area contributed by atoms with E-state index in [0.29, 0.717) is 16.5 Å². The van der Waals surface area contributed by atoms with Crippen molar-refractivity contribution in [1.29, 1.82) is 0 Å². The summed E-state index contributed by atoms with van der Waals surface area (Å²) in [7, 11) is 0. The Balaban J connectivity index is 1.86.